The Hall–Kier alpha value is -3.88. The first-order valence-electron chi connectivity index (χ1n) is 11.7. The van der Waals surface area contributed by atoms with Gasteiger partial charge in [-0.15, -0.1) is 0 Å². The predicted molar refractivity (Wildman–Crippen MR) is 136 cm³/mol. The maximum atomic E-state index is 13.3. The molecule has 35 heavy (non-hydrogen) atoms. The molecule has 2 aromatic heterocycles. The molecular formula is C27H28N6O2. The second-order valence-electron chi connectivity index (χ2n) is 8.68. The van der Waals surface area contributed by atoms with Gasteiger partial charge in [0, 0.05) is 56.0 Å². The molecule has 0 bridgehead atoms. The van der Waals surface area contributed by atoms with Gasteiger partial charge in [0.05, 0.1) is 29.5 Å². The number of nitrogens with zero attached hydrogens (tertiary/aromatic N) is 4. The molecule has 0 saturated carbocycles. The van der Waals surface area contributed by atoms with Crippen LogP contribution in [0.5, 0.6) is 0 Å². The Labute approximate surface area is 204 Å². The Balaban J connectivity index is 1.39. The van der Waals surface area contributed by atoms with Crippen LogP contribution in [0.1, 0.15) is 11.5 Å². The number of carbonyl (C=O) groups excluding carboxylic acids is 1. The second kappa shape index (κ2) is 10.6. The first kappa shape index (κ1) is 22.9. The molecule has 0 radical (unpaired) electrons. The minimum Gasteiger partial charge on any atom is -0.383 e. The highest BCUT2D eigenvalue weighted by Crippen LogP contribution is 2.30. The first-order chi connectivity index (χ1) is 17.2. The van der Waals surface area contributed by atoms with Crippen molar-refractivity contribution in [2.24, 2.45) is 0 Å². The van der Waals surface area contributed by atoms with E-state index in [9.17, 15) is 4.79 Å². The monoisotopic (exact) mass is 468 g/mol. The average molecular weight is 469 g/mol. The Bertz CT molecular complexity index is 1280. The van der Waals surface area contributed by atoms with Crippen molar-refractivity contribution in [2.45, 2.75) is 12.0 Å². The zero-order valence-corrected chi connectivity index (χ0v) is 19.6. The highest BCUT2D eigenvalue weighted by Gasteiger charge is 2.34. The number of nitrogens with one attached hydrogen (secondary N) is 2. The molecule has 2 N–H and O–H groups in total. The number of rotatable bonds is 7. The van der Waals surface area contributed by atoms with Gasteiger partial charge in [-0.3, -0.25) is 4.90 Å². The van der Waals surface area contributed by atoms with Gasteiger partial charge < -0.3 is 15.4 Å². The van der Waals surface area contributed by atoms with Gasteiger partial charge in [-0.25, -0.2) is 19.7 Å². The van der Waals surface area contributed by atoms with Crippen LogP contribution in [0.4, 0.5) is 10.5 Å². The van der Waals surface area contributed by atoms with Gasteiger partial charge in [0.1, 0.15) is 6.33 Å². The SMILES string of the molecule is COCCN1C[C@@H](NC(=O)Nc2cc3ccccc3nc2-c2cncnc2)[C@H](c2ccccc2)C1. The van der Waals surface area contributed by atoms with Crippen molar-refractivity contribution in [3.05, 3.63) is 84.9 Å². The number of para-hydroxylation sites is 1. The number of likely N-dealkylation sites (tertiary alicyclic amines) is 1. The van der Waals surface area contributed by atoms with Gasteiger partial charge in [-0.05, 0) is 17.7 Å². The van der Waals surface area contributed by atoms with Crippen LogP contribution in [0.15, 0.2) is 79.4 Å². The molecule has 8 nitrogen and oxygen atoms in total. The number of fused-ring (bicyclic) bond motifs is 1. The zero-order valence-electron chi connectivity index (χ0n) is 19.6. The summed E-state index contributed by atoms with van der Waals surface area (Å²) in [6.45, 7) is 3.10. The summed E-state index contributed by atoms with van der Waals surface area (Å²) < 4.78 is 5.27. The van der Waals surface area contributed by atoms with Gasteiger partial charge in [0.2, 0.25) is 0 Å². The van der Waals surface area contributed by atoms with Crippen molar-refractivity contribution < 1.29 is 9.53 Å². The van der Waals surface area contributed by atoms with Crippen LogP contribution >= 0.6 is 0 Å². The van der Waals surface area contributed by atoms with E-state index in [-0.39, 0.29) is 18.0 Å². The molecular weight excluding hydrogens is 440 g/mol. The molecule has 2 aromatic carbocycles. The number of methoxy groups -OCH3 is 1. The van der Waals surface area contributed by atoms with Gasteiger partial charge in [-0.1, -0.05) is 48.5 Å². The molecule has 4 aromatic rings. The quantitative estimate of drug-likeness (QED) is 0.427. The Morgan fingerprint density at radius 2 is 1.83 bits per heavy atom. The molecule has 5 rings (SSSR count). The van der Waals surface area contributed by atoms with Crippen molar-refractivity contribution in [3.63, 3.8) is 0 Å². The minimum absolute atomic E-state index is 0.0359. The minimum atomic E-state index is -0.264. The molecule has 0 spiro atoms. The average Bonchev–Trinajstić information content (AvgIpc) is 3.30. The van der Waals surface area contributed by atoms with E-state index in [1.165, 1.54) is 11.9 Å². The lowest BCUT2D eigenvalue weighted by atomic mass is 9.94. The lowest BCUT2D eigenvalue weighted by Crippen LogP contribution is -2.42. The number of ether oxygens (including phenoxy) is 1. The number of benzene rings is 2. The number of amides is 2. The third kappa shape index (κ3) is 5.29. The van der Waals surface area contributed by atoms with Crippen LogP contribution in [0.3, 0.4) is 0 Å². The summed E-state index contributed by atoms with van der Waals surface area (Å²) in [5.41, 5.74) is 4.04. The van der Waals surface area contributed by atoms with Crippen LogP contribution < -0.4 is 10.6 Å². The first-order valence-corrected chi connectivity index (χ1v) is 11.7. The number of pyridine rings is 1. The number of hydrogen-bond acceptors (Lipinski definition) is 6. The van der Waals surface area contributed by atoms with E-state index >= 15 is 0 Å². The summed E-state index contributed by atoms with van der Waals surface area (Å²) in [6.07, 6.45) is 4.87. The van der Waals surface area contributed by atoms with Crippen molar-refractivity contribution >= 4 is 22.6 Å². The number of aromatic nitrogens is 3. The van der Waals surface area contributed by atoms with Crippen molar-refractivity contribution in [2.75, 3.05) is 38.7 Å². The summed E-state index contributed by atoms with van der Waals surface area (Å²) >= 11 is 0. The van der Waals surface area contributed by atoms with Crippen LogP contribution in [0.25, 0.3) is 22.2 Å². The van der Waals surface area contributed by atoms with Crippen LogP contribution in [0, 0.1) is 0 Å². The summed E-state index contributed by atoms with van der Waals surface area (Å²) in [5, 5.41) is 7.21. The van der Waals surface area contributed by atoms with E-state index in [0.717, 1.165) is 36.1 Å². The van der Waals surface area contributed by atoms with E-state index in [1.54, 1.807) is 19.5 Å². The number of hydrogen-bond donors (Lipinski definition) is 2. The number of anilines is 1. The van der Waals surface area contributed by atoms with E-state index in [2.05, 4.69) is 37.6 Å². The lowest BCUT2D eigenvalue weighted by Gasteiger charge is -2.21. The fourth-order valence-electron chi connectivity index (χ4n) is 4.65. The number of urea groups is 1. The largest absolute Gasteiger partial charge is 0.383 e. The molecule has 1 fully saturated rings. The Morgan fingerprint density at radius 1 is 1.06 bits per heavy atom. The third-order valence-corrected chi connectivity index (χ3v) is 6.36. The van der Waals surface area contributed by atoms with Gasteiger partial charge >= 0.3 is 6.03 Å². The standard InChI is InChI=1S/C27H28N6O2/c1-35-12-11-33-16-22(19-7-3-2-4-8-19)25(17-33)32-27(34)31-24-13-20-9-5-6-10-23(20)30-26(24)21-14-28-18-29-15-21/h2-10,13-15,18,22,25H,11-12,16-17H2,1H3,(H2,31,32,34)/t22-,25+/m0/s1. The summed E-state index contributed by atoms with van der Waals surface area (Å²) in [5.74, 6) is 0.190. The van der Waals surface area contributed by atoms with Gasteiger partial charge in [-0.2, -0.15) is 0 Å². The molecule has 2 amide bonds. The maximum absolute atomic E-state index is 13.3. The normalized spacial score (nSPS) is 18.0. The zero-order chi connectivity index (χ0) is 24.0. The lowest BCUT2D eigenvalue weighted by molar-refractivity contribution is 0.159. The van der Waals surface area contributed by atoms with Crippen molar-refractivity contribution in [1.29, 1.82) is 0 Å². The van der Waals surface area contributed by atoms with E-state index in [0.29, 0.717) is 18.0 Å². The van der Waals surface area contributed by atoms with E-state index in [1.807, 2.05) is 48.5 Å². The molecule has 1 saturated heterocycles. The summed E-state index contributed by atoms with van der Waals surface area (Å²) in [6, 6.07) is 19.8. The van der Waals surface area contributed by atoms with E-state index < -0.39 is 0 Å². The van der Waals surface area contributed by atoms with Gasteiger partial charge in [0.15, 0.2) is 0 Å². The topological polar surface area (TPSA) is 92.3 Å². The fraction of sp³-hybridized carbons (Fsp3) is 0.259. The molecule has 3 heterocycles. The highest BCUT2D eigenvalue weighted by molar-refractivity contribution is 5.97. The van der Waals surface area contributed by atoms with Crippen LogP contribution in [-0.2, 0) is 4.74 Å². The van der Waals surface area contributed by atoms with Crippen molar-refractivity contribution in [3.8, 4) is 11.3 Å². The molecule has 1 aliphatic rings. The molecule has 0 aliphatic carbocycles. The van der Waals surface area contributed by atoms with E-state index in [4.69, 9.17) is 9.72 Å². The molecule has 2 atom stereocenters. The molecule has 178 valence electrons. The predicted octanol–water partition coefficient (Wildman–Crippen LogP) is 3.93. The summed E-state index contributed by atoms with van der Waals surface area (Å²) in [4.78, 5) is 28.6. The van der Waals surface area contributed by atoms with Crippen LogP contribution in [-0.4, -0.2) is 65.3 Å². The summed E-state index contributed by atoms with van der Waals surface area (Å²) in [7, 11) is 1.71. The van der Waals surface area contributed by atoms with Crippen LogP contribution in [0.2, 0.25) is 0 Å². The smallest absolute Gasteiger partial charge is 0.319 e. The maximum Gasteiger partial charge on any atom is 0.319 e. The molecule has 1 aliphatic heterocycles. The molecule has 0 unspecified atom stereocenters. The Morgan fingerprint density at radius 3 is 2.63 bits per heavy atom. The molecule has 8 heteroatoms. The second-order valence-corrected chi connectivity index (χ2v) is 8.68. The fourth-order valence-corrected chi connectivity index (χ4v) is 4.65. The third-order valence-electron chi connectivity index (χ3n) is 6.36. The van der Waals surface area contributed by atoms with Crippen molar-refractivity contribution in [1.82, 2.24) is 25.2 Å². The van der Waals surface area contributed by atoms with Gasteiger partial charge in [0.25, 0.3) is 0 Å². The number of carbonyl (C=O) groups is 1. The highest BCUT2D eigenvalue weighted by atomic mass is 16.5. The Kier molecular flexibility index (Phi) is 6.92.